The fraction of sp³-hybridized carbons (Fsp3) is 0.167. The third-order valence-electron chi connectivity index (χ3n) is 2.58. The van der Waals surface area contributed by atoms with Crippen LogP contribution >= 0.6 is 27.3 Å². The highest BCUT2D eigenvalue weighted by molar-refractivity contribution is 9.11. The molecule has 0 radical (unpaired) electrons. The van der Waals surface area contributed by atoms with Crippen molar-refractivity contribution in [1.29, 1.82) is 0 Å². The molecule has 0 amide bonds. The van der Waals surface area contributed by atoms with Gasteiger partial charge in [-0.15, -0.1) is 11.3 Å². The zero-order valence-corrected chi connectivity index (χ0v) is 12.6. The van der Waals surface area contributed by atoms with Crippen molar-refractivity contribution in [3.05, 3.63) is 44.7 Å². The Hall–Kier alpha value is -1.60. The topological polar surface area (TPSA) is 74.7 Å². The second-order valence-electron chi connectivity index (χ2n) is 4.00. The van der Waals surface area contributed by atoms with E-state index in [-0.39, 0.29) is 5.84 Å². The molecule has 0 aliphatic rings. The molecule has 3 N–H and O–H groups in total. The first-order valence-corrected chi connectivity index (χ1v) is 7.15. The predicted molar refractivity (Wildman–Crippen MR) is 80.9 cm³/mol. The zero-order chi connectivity index (χ0) is 13.8. The van der Waals surface area contributed by atoms with Crippen molar-refractivity contribution in [2.75, 3.05) is 11.9 Å². The van der Waals surface area contributed by atoms with Gasteiger partial charge in [0.2, 0.25) is 0 Å². The highest BCUT2D eigenvalue weighted by Crippen LogP contribution is 2.23. The van der Waals surface area contributed by atoms with Crippen molar-refractivity contribution in [3.8, 4) is 0 Å². The number of aromatic nitrogens is 1. The molecule has 2 heterocycles. The molecule has 2 rings (SSSR count). The lowest BCUT2D eigenvalue weighted by Crippen LogP contribution is -2.19. The SMILES string of the molecule is CN(Cc1csc(Br)c1)c1cc(C(N)=NO)ccn1. The fourth-order valence-electron chi connectivity index (χ4n) is 1.63. The average molecular weight is 341 g/mol. The minimum Gasteiger partial charge on any atom is -0.409 e. The molecule has 0 atom stereocenters. The van der Waals surface area contributed by atoms with E-state index in [0.29, 0.717) is 5.56 Å². The van der Waals surface area contributed by atoms with E-state index in [2.05, 4.69) is 37.5 Å². The maximum Gasteiger partial charge on any atom is 0.170 e. The highest BCUT2D eigenvalue weighted by Gasteiger charge is 2.07. The lowest BCUT2D eigenvalue weighted by Gasteiger charge is -2.17. The summed E-state index contributed by atoms with van der Waals surface area (Å²) < 4.78 is 1.11. The van der Waals surface area contributed by atoms with Gasteiger partial charge in [0.25, 0.3) is 0 Å². The average Bonchev–Trinajstić information content (AvgIpc) is 2.83. The molecular weight excluding hydrogens is 328 g/mol. The van der Waals surface area contributed by atoms with Gasteiger partial charge in [-0.2, -0.15) is 0 Å². The van der Waals surface area contributed by atoms with Crippen LogP contribution in [0.3, 0.4) is 0 Å². The number of nitrogens with zero attached hydrogens (tertiary/aromatic N) is 3. The maximum absolute atomic E-state index is 8.68. The monoisotopic (exact) mass is 340 g/mol. The summed E-state index contributed by atoms with van der Waals surface area (Å²) in [6.45, 7) is 0.745. The summed E-state index contributed by atoms with van der Waals surface area (Å²) in [5, 5.41) is 13.8. The summed E-state index contributed by atoms with van der Waals surface area (Å²) in [4.78, 5) is 6.29. The first-order valence-electron chi connectivity index (χ1n) is 5.48. The predicted octanol–water partition coefficient (Wildman–Crippen LogP) is 2.64. The van der Waals surface area contributed by atoms with Crippen LogP contribution in [0.1, 0.15) is 11.1 Å². The van der Waals surface area contributed by atoms with Crippen LogP contribution in [0.2, 0.25) is 0 Å². The van der Waals surface area contributed by atoms with Crippen molar-refractivity contribution in [2.24, 2.45) is 10.9 Å². The van der Waals surface area contributed by atoms with Gasteiger partial charge in [-0.3, -0.25) is 0 Å². The number of rotatable bonds is 4. The highest BCUT2D eigenvalue weighted by atomic mass is 79.9. The van der Waals surface area contributed by atoms with Crippen molar-refractivity contribution in [3.63, 3.8) is 0 Å². The second-order valence-corrected chi connectivity index (χ2v) is 6.29. The molecule has 0 saturated carbocycles. The Morgan fingerprint density at radius 2 is 2.37 bits per heavy atom. The van der Waals surface area contributed by atoms with E-state index in [4.69, 9.17) is 10.9 Å². The van der Waals surface area contributed by atoms with Gasteiger partial charge in [0.05, 0.1) is 3.79 Å². The molecule has 2 aromatic heterocycles. The number of pyridine rings is 1. The molecule has 0 spiro atoms. The number of thiophene rings is 1. The summed E-state index contributed by atoms with van der Waals surface area (Å²) in [7, 11) is 1.95. The van der Waals surface area contributed by atoms with Gasteiger partial charge in [0.15, 0.2) is 5.84 Å². The Morgan fingerprint density at radius 3 is 3.00 bits per heavy atom. The van der Waals surface area contributed by atoms with E-state index in [1.807, 2.05) is 11.9 Å². The zero-order valence-electron chi connectivity index (χ0n) is 10.2. The van der Waals surface area contributed by atoms with Crippen LogP contribution in [-0.4, -0.2) is 23.1 Å². The van der Waals surface area contributed by atoms with Gasteiger partial charge in [-0.25, -0.2) is 4.98 Å². The first kappa shape index (κ1) is 13.8. The maximum atomic E-state index is 8.68. The molecule has 0 unspecified atom stereocenters. The van der Waals surface area contributed by atoms with Gasteiger partial charge in [0.1, 0.15) is 5.82 Å². The van der Waals surface area contributed by atoms with Crippen molar-refractivity contribution in [1.82, 2.24) is 4.98 Å². The van der Waals surface area contributed by atoms with Crippen LogP contribution < -0.4 is 10.6 Å². The van der Waals surface area contributed by atoms with Crippen LogP contribution in [0.15, 0.2) is 38.7 Å². The Kier molecular flexibility index (Phi) is 4.39. The van der Waals surface area contributed by atoms with E-state index in [1.54, 1.807) is 29.7 Å². The van der Waals surface area contributed by atoms with Crippen LogP contribution in [0, 0.1) is 0 Å². The van der Waals surface area contributed by atoms with Crippen molar-refractivity contribution >= 4 is 38.9 Å². The van der Waals surface area contributed by atoms with Crippen LogP contribution in [0.4, 0.5) is 5.82 Å². The lowest BCUT2D eigenvalue weighted by molar-refractivity contribution is 0.318. The van der Waals surface area contributed by atoms with Crippen LogP contribution in [0.5, 0.6) is 0 Å². The Balaban J connectivity index is 2.17. The van der Waals surface area contributed by atoms with Crippen molar-refractivity contribution < 1.29 is 5.21 Å². The lowest BCUT2D eigenvalue weighted by atomic mass is 10.2. The van der Waals surface area contributed by atoms with Gasteiger partial charge in [0, 0.05) is 25.4 Å². The molecule has 7 heteroatoms. The van der Waals surface area contributed by atoms with Crippen LogP contribution in [0.25, 0.3) is 0 Å². The third-order valence-corrected chi connectivity index (χ3v) is 4.13. The number of hydrogen-bond acceptors (Lipinski definition) is 5. The summed E-state index contributed by atoms with van der Waals surface area (Å²) >= 11 is 5.09. The quantitative estimate of drug-likeness (QED) is 0.388. The number of nitrogens with two attached hydrogens (primary N) is 1. The summed E-state index contributed by atoms with van der Waals surface area (Å²) in [5.74, 6) is 0.849. The van der Waals surface area contributed by atoms with Gasteiger partial charge >= 0.3 is 0 Å². The standard InChI is InChI=1S/C12H13BrN4OS/c1-17(6-8-4-10(13)19-7-8)11-5-9(2-3-15-11)12(14)16-18/h2-5,7,18H,6H2,1H3,(H2,14,16). The molecule has 19 heavy (non-hydrogen) atoms. The normalized spacial score (nSPS) is 11.6. The number of halogens is 1. The van der Waals surface area contributed by atoms with Gasteiger partial charge < -0.3 is 15.8 Å². The minimum absolute atomic E-state index is 0.0790. The molecule has 5 nitrogen and oxygen atoms in total. The number of amidine groups is 1. The summed E-state index contributed by atoms with van der Waals surface area (Å²) in [6.07, 6.45) is 1.64. The smallest absolute Gasteiger partial charge is 0.170 e. The van der Waals surface area contributed by atoms with E-state index in [9.17, 15) is 0 Å². The molecule has 0 aliphatic heterocycles. The minimum atomic E-state index is 0.0790. The molecule has 0 bridgehead atoms. The Labute approximate surface area is 123 Å². The molecule has 0 fully saturated rings. The third kappa shape index (κ3) is 3.45. The van der Waals surface area contributed by atoms with E-state index in [0.717, 1.165) is 16.1 Å². The molecule has 0 saturated heterocycles. The summed E-state index contributed by atoms with van der Waals surface area (Å²) in [6, 6.07) is 5.57. The first-order chi connectivity index (χ1) is 9.10. The molecular formula is C12H13BrN4OS. The van der Waals surface area contributed by atoms with Crippen LogP contribution in [-0.2, 0) is 6.54 Å². The van der Waals surface area contributed by atoms with E-state index in [1.165, 1.54) is 5.56 Å². The number of oxime groups is 1. The van der Waals surface area contributed by atoms with Gasteiger partial charge in [-0.05, 0) is 45.1 Å². The Morgan fingerprint density at radius 1 is 1.58 bits per heavy atom. The fourth-order valence-corrected chi connectivity index (χ4v) is 2.83. The molecule has 2 aromatic rings. The molecule has 100 valence electrons. The van der Waals surface area contributed by atoms with Crippen molar-refractivity contribution in [2.45, 2.75) is 6.54 Å². The Bertz CT molecular complexity index is 599. The molecule has 0 aromatic carbocycles. The number of anilines is 1. The molecule has 0 aliphatic carbocycles. The second kappa shape index (κ2) is 6.03. The van der Waals surface area contributed by atoms with Gasteiger partial charge in [-0.1, -0.05) is 5.16 Å². The van der Waals surface area contributed by atoms with E-state index >= 15 is 0 Å². The summed E-state index contributed by atoms with van der Waals surface area (Å²) in [5.41, 5.74) is 7.42. The number of hydrogen-bond donors (Lipinski definition) is 2. The van der Waals surface area contributed by atoms with E-state index < -0.39 is 0 Å². The largest absolute Gasteiger partial charge is 0.409 e.